The quantitative estimate of drug-likeness (QED) is 0.246. The van der Waals surface area contributed by atoms with Crippen LogP contribution in [0.1, 0.15) is 85.0 Å². The van der Waals surface area contributed by atoms with E-state index in [-0.39, 0.29) is 0 Å². The Hall–Kier alpha value is -1.44. The van der Waals surface area contributed by atoms with Crippen LogP contribution in [0.2, 0.25) is 0 Å². The molecule has 24 heavy (non-hydrogen) atoms. The summed E-state index contributed by atoms with van der Waals surface area (Å²) in [5.41, 5.74) is 6.94. The van der Waals surface area contributed by atoms with Crippen LogP contribution in [0.4, 0.5) is 0 Å². The van der Waals surface area contributed by atoms with Crippen molar-refractivity contribution in [3.63, 3.8) is 0 Å². The molecule has 0 saturated carbocycles. The first kappa shape index (κ1) is 18.9. The van der Waals surface area contributed by atoms with Crippen molar-refractivity contribution in [1.29, 1.82) is 0 Å². The number of hydrogen-bond acceptors (Lipinski definition) is 2. The number of nitrogens with zero attached hydrogens (tertiary/aromatic N) is 1. The third-order valence-electron chi connectivity index (χ3n) is 5.39. The molecule has 1 atom stereocenters. The van der Waals surface area contributed by atoms with Gasteiger partial charge in [-0.25, -0.2) is 0 Å². The molecule has 2 nitrogen and oxygen atoms in total. The van der Waals surface area contributed by atoms with Gasteiger partial charge in [0.15, 0.2) is 0 Å². The van der Waals surface area contributed by atoms with Crippen LogP contribution in [0.15, 0.2) is 51.4 Å². The predicted octanol–water partition coefficient (Wildman–Crippen LogP) is 7.39. The Morgan fingerprint density at radius 1 is 1.21 bits per heavy atom. The summed E-state index contributed by atoms with van der Waals surface area (Å²) in [6, 6.07) is 0. The highest BCUT2D eigenvalue weighted by Gasteiger charge is 2.19. The molecule has 2 aliphatic carbocycles. The molecule has 132 valence electrons. The zero-order chi connectivity index (χ0) is 17.4. The first-order valence-electron chi connectivity index (χ1n) is 9.80. The van der Waals surface area contributed by atoms with E-state index in [1.165, 1.54) is 44.1 Å². The average molecular weight is 328 g/mol. The van der Waals surface area contributed by atoms with Gasteiger partial charge < -0.3 is 0 Å². The molecule has 0 N–H and O–H groups in total. The van der Waals surface area contributed by atoms with Gasteiger partial charge in [0, 0.05) is 0 Å². The molecular formula is C22H33NO. The molecule has 0 amide bonds. The normalized spacial score (nSPS) is 21.8. The smallest absolute Gasteiger partial charge is 0.0852 e. The van der Waals surface area contributed by atoms with E-state index in [9.17, 15) is 4.91 Å². The number of nitroso groups, excluding NO2 is 1. The molecule has 2 rings (SSSR count). The molecule has 0 unspecified atom stereocenters. The maximum absolute atomic E-state index is 10.7. The second kappa shape index (κ2) is 9.76. The van der Waals surface area contributed by atoms with Gasteiger partial charge >= 0.3 is 0 Å². The Morgan fingerprint density at radius 2 is 2.04 bits per heavy atom. The van der Waals surface area contributed by atoms with Gasteiger partial charge in [-0.1, -0.05) is 56.9 Å². The van der Waals surface area contributed by atoms with Crippen LogP contribution in [0.3, 0.4) is 0 Å². The summed E-state index contributed by atoms with van der Waals surface area (Å²) in [7, 11) is 0. The SMILES string of the molecule is CCCCC/C(CC)=C(\CC1=CC[C@@H](C)C1)C1=CC=C(N=O)CC1. The molecule has 0 bridgehead atoms. The highest BCUT2D eigenvalue weighted by molar-refractivity contribution is 5.43. The maximum atomic E-state index is 10.7. The summed E-state index contributed by atoms with van der Waals surface area (Å²) in [5.74, 6) is 0.803. The van der Waals surface area contributed by atoms with Crippen molar-refractivity contribution in [2.24, 2.45) is 11.1 Å². The lowest BCUT2D eigenvalue weighted by atomic mass is 9.85. The molecular weight excluding hydrogens is 294 g/mol. The van der Waals surface area contributed by atoms with Gasteiger partial charge in [-0.15, -0.1) is 4.91 Å². The average Bonchev–Trinajstić information content (AvgIpc) is 3.02. The molecule has 0 spiro atoms. The first-order valence-corrected chi connectivity index (χ1v) is 9.80. The lowest BCUT2D eigenvalue weighted by Gasteiger charge is -2.21. The van der Waals surface area contributed by atoms with E-state index in [1.807, 2.05) is 6.08 Å². The minimum absolute atomic E-state index is 0.691. The van der Waals surface area contributed by atoms with E-state index in [0.717, 1.165) is 31.6 Å². The predicted molar refractivity (Wildman–Crippen MR) is 104 cm³/mol. The van der Waals surface area contributed by atoms with Gasteiger partial charge in [0.2, 0.25) is 0 Å². The molecule has 0 aliphatic heterocycles. The van der Waals surface area contributed by atoms with Crippen LogP contribution >= 0.6 is 0 Å². The van der Waals surface area contributed by atoms with Gasteiger partial charge in [0.25, 0.3) is 0 Å². The highest BCUT2D eigenvalue weighted by Crippen LogP contribution is 2.37. The minimum Gasteiger partial charge on any atom is -0.145 e. The van der Waals surface area contributed by atoms with Crippen molar-refractivity contribution in [1.82, 2.24) is 0 Å². The van der Waals surface area contributed by atoms with Gasteiger partial charge in [-0.2, -0.15) is 0 Å². The zero-order valence-electron chi connectivity index (χ0n) is 15.7. The molecule has 0 aromatic heterocycles. The van der Waals surface area contributed by atoms with E-state index in [0.29, 0.717) is 5.70 Å². The third kappa shape index (κ3) is 5.29. The number of rotatable bonds is 9. The van der Waals surface area contributed by atoms with Crippen molar-refractivity contribution in [3.8, 4) is 0 Å². The summed E-state index contributed by atoms with van der Waals surface area (Å²) in [4.78, 5) is 10.7. The maximum Gasteiger partial charge on any atom is 0.0852 e. The summed E-state index contributed by atoms with van der Waals surface area (Å²) < 4.78 is 0. The van der Waals surface area contributed by atoms with Crippen molar-refractivity contribution in [2.75, 3.05) is 0 Å². The first-order chi connectivity index (χ1) is 11.7. The molecule has 2 aliphatic rings. The Kier molecular flexibility index (Phi) is 7.68. The van der Waals surface area contributed by atoms with Crippen LogP contribution in [0.5, 0.6) is 0 Å². The molecule has 0 saturated heterocycles. The number of allylic oxidation sites excluding steroid dienone is 8. The summed E-state index contributed by atoms with van der Waals surface area (Å²) in [6.45, 7) is 6.91. The zero-order valence-corrected chi connectivity index (χ0v) is 15.7. The standard InChI is InChI=1S/C22H33NO/c1-4-6-7-8-19(5-2)22(16-18-10-9-17(3)15-18)20-11-13-21(23-24)14-12-20/h10-11,13,17H,4-9,12,14-16H2,1-3H3/b22-19+/t17-/m1/s1. The summed E-state index contributed by atoms with van der Waals surface area (Å²) in [5, 5.41) is 3.12. The fourth-order valence-corrected chi connectivity index (χ4v) is 3.90. The number of unbranched alkanes of at least 4 members (excludes halogenated alkanes) is 2. The van der Waals surface area contributed by atoms with E-state index in [1.54, 1.807) is 16.7 Å². The van der Waals surface area contributed by atoms with E-state index < -0.39 is 0 Å². The topological polar surface area (TPSA) is 29.4 Å². The van der Waals surface area contributed by atoms with E-state index >= 15 is 0 Å². The minimum atomic E-state index is 0.691. The van der Waals surface area contributed by atoms with E-state index in [2.05, 4.69) is 38.1 Å². The lowest BCUT2D eigenvalue weighted by molar-refractivity contribution is 0.622. The monoisotopic (exact) mass is 327 g/mol. The molecule has 0 fully saturated rings. The molecule has 2 heteroatoms. The highest BCUT2D eigenvalue weighted by atomic mass is 16.3. The second-order valence-corrected chi connectivity index (χ2v) is 7.42. The van der Waals surface area contributed by atoms with Gasteiger partial charge in [0.1, 0.15) is 0 Å². The van der Waals surface area contributed by atoms with Crippen molar-refractivity contribution < 1.29 is 0 Å². The van der Waals surface area contributed by atoms with Crippen molar-refractivity contribution in [2.45, 2.75) is 85.0 Å². The number of hydrogen-bond donors (Lipinski definition) is 0. The summed E-state index contributed by atoms with van der Waals surface area (Å²) >= 11 is 0. The summed E-state index contributed by atoms with van der Waals surface area (Å²) in [6.07, 6.45) is 18.1. The molecule has 0 aromatic carbocycles. The van der Waals surface area contributed by atoms with Gasteiger partial charge in [-0.3, -0.25) is 0 Å². The van der Waals surface area contributed by atoms with Gasteiger partial charge in [-0.05, 0) is 79.7 Å². The van der Waals surface area contributed by atoms with Gasteiger partial charge in [0.05, 0.1) is 5.70 Å². The molecule has 0 radical (unpaired) electrons. The Bertz CT molecular complexity index is 563. The lowest BCUT2D eigenvalue weighted by Crippen LogP contribution is -2.02. The van der Waals surface area contributed by atoms with Crippen LogP contribution in [0, 0.1) is 10.8 Å². The fraction of sp³-hybridized carbons (Fsp3) is 0.636. The van der Waals surface area contributed by atoms with Crippen LogP contribution < -0.4 is 0 Å². The second-order valence-electron chi connectivity index (χ2n) is 7.42. The molecule has 0 aromatic rings. The van der Waals surface area contributed by atoms with Crippen molar-refractivity contribution in [3.05, 3.63) is 51.1 Å². The fourth-order valence-electron chi connectivity index (χ4n) is 3.90. The Morgan fingerprint density at radius 3 is 2.58 bits per heavy atom. The Balaban J connectivity index is 2.24. The van der Waals surface area contributed by atoms with Crippen LogP contribution in [-0.2, 0) is 0 Å². The van der Waals surface area contributed by atoms with Crippen molar-refractivity contribution >= 4 is 0 Å². The Labute approximate surface area is 147 Å². The van der Waals surface area contributed by atoms with Crippen LogP contribution in [-0.4, -0.2) is 0 Å². The molecule has 0 heterocycles. The largest absolute Gasteiger partial charge is 0.145 e. The third-order valence-corrected chi connectivity index (χ3v) is 5.39. The van der Waals surface area contributed by atoms with E-state index in [4.69, 9.17) is 0 Å². The van der Waals surface area contributed by atoms with Crippen LogP contribution in [0.25, 0.3) is 0 Å².